The van der Waals surface area contributed by atoms with Crippen molar-refractivity contribution in [1.29, 1.82) is 0 Å². The molecule has 0 fully saturated rings. The Morgan fingerprint density at radius 2 is 2.27 bits per heavy atom. The van der Waals surface area contributed by atoms with E-state index in [0.717, 1.165) is 17.6 Å². The molecule has 15 heavy (non-hydrogen) atoms. The number of pyridine rings is 1. The van der Waals surface area contributed by atoms with Crippen molar-refractivity contribution >= 4 is 12.4 Å². The van der Waals surface area contributed by atoms with Gasteiger partial charge in [0.05, 0.1) is 0 Å². The highest BCUT2D eigenvalue weighted by Crippen LogP contribution is 2.07. The van der Waals surface area contributed by atoms with Gasteiger partial charge in [-0.25, -0.2) is 4.98 Å². The van der Waals surface area contributed by atoms with Crippen LogP contribution in [-0.4, -0.2) is 11.0 Å². The molecule has 0 radical (unpaired) electrons. The standard InChI is InChI=1S/C11H15FN2.ClH/c1-8(2)5-10(13)6-9-3-4-11(12)14-7-9;/h3-4,7,10H,1,5-6,13H2,2H3;1H. The smallest absolute Gasteiger partial charge is 0.212 e. The van der Waals surface area contributed by atoms with E-state index in [9.17, 15) is 4.39 Å². The van der Waals surface area contributed by atoms with Gasteiger partial charge in [-0.15, -0.1) is 19.0 Å². The van der Waals surface area contributed by atoms with Crippen molar-refractivity contribution in [3.05, 3.63) is 42.0 Å². The van der Waals surface area contributed by atoms with E-state index in [-0.39, 0.29) is 18.4 Å². The molecule has 1 unspecified atom stereocenters. The summed E-state index contributed by atoms with van der Waals surface area (Å²) in [6.07, 6.45) is 3.02. The highest BCUT2D eigenvalue weighted by Gasteiger charge is 2.04. The van der Waals surface area contributed by atoms with Crippen LogP contribution in [-0.2, 0) is 6.42 Å². The van der Waals surface area contributed by atoms with Crippen LogP contribution >= 0.6 is 12.4 Å². The summed E-state index contributed by atoms with van der Waals surface area (Å²) in [4.78, 5) is 3.57. The van der Waals surface area contributed by atoms with E-state index in [0.29, 0.717) is 6.42 Å². The number of nitrogens with two attached hydrogens (primary N) is 1. The third kappa shape index (κ3) is 5.50. The first-order chi connectivity index (χ1) is 6.58. The molecule has 84 valence electrons. The van der Waals surface area contributed by atoms with Crippen LogP contribution in [0.3, 0.4) is 0 Å². The first kappa shape index (κ1) is 14.1. The molecule has 1 heterocycles. The normalized spacial score (nSPS) is 11.7. The highest BCUT2D eigenvalue weighted by molar-refractivity contribution is 5.85. The van der Waals surface area contributed by atoms with Crippen molar-refractivity contribution in [1.82, 2.24) is 4.98 Å². The van der Waals surface area contributed by atoms with Crippen LogP contribution in [0.2, 0.25) is 0 Å². The Morgan fingerprint density at radius 3 is 2.73 bits per heavy atom. The topological polar surface area (TPSA) is 38.9 Å². The lowest BCUT2D eigenvalue weighted by molar-refractivity contribution is 0.579. The highest BCUT2D eigenvalue weighted by atomic mass is 35.5. The first-order valence-electron chi connectivity index (χ1n) is 4.58. The number of hydrogen-bond acceptors (Lipinski definition) is 2. The minimum Gasteiger partial charge on any atom is -0.327 e. The molecule has 0 saturated heterocycles. The summed E-state index contributed by atoms with van der Waals surface area (Å²) >= 11 is 0. The van der Waals surface area contributed by atoms with Gasteiger partial charge >= 0.3 is 0 Å². The molecule has 0 aliphatic rings. The Labute approximate surface area is 95.8 Å². The maximum Gasteiger partial charge on any atom is 0.212 e. The molecule has 1 rings (SSSR count). The largest absolute Gasteiger partial charge is 0.327 e. The summed E-state index contributed by atoms with van der Waals surface area (Å²) in [7, 11) is 0. The summed E-state index contributed by atoms with van der Waals surface area (Å²) in [5.41, 5.74) is 7.88. The fraction of sp³-hybridized carbons (Fsp3) is 0.364. The minimum atomic E-state index is -0.456. The molecule has 1 aromatic rings. The molecule has 0 aliphatic heterocycles. The molecule has 0 saturated carbocycles. The summed E-state index contributed by atoms with van der Waals surface area (Å²) in [5.74, 6) is -0.456. The average molecular weight is 231 g/mol. The van der Waals surface area contributed by atoms with Crippen molar-refractivity contribution < 1.29 is 4.39 Å². The van der Waals surface area contributed by atoms with Crippen LogP contribution in [0.5, 0.6) is 0 Å². The molecular formula is C11H16ClFN2. The van der Waals surface area contributed by atoms with Gasteiger partial charge in [0.25, 0.3) is 0 Å². The molecule has 0 amide bonds. The van der Waals surface area contributed by atoms with E-state index in [4.69, 9.17) is 5.73 Å². The van der Waals surface area contributed by atoms with Gasteiger partial charge in [-0.3, -0.25) is 0 Å². The Balaban J connectivity index is 0.00000196. The number of halogens is 2. The van der Waals surface area contributed by atoms with Crippen molar-refractivity contribution in [3.8, 4) is 0 Å². The van der Waals surface area contributed by atoms with Gasteiger partial charge in [-0.05, 0) is 31.4 Å². The van der Waals surface area contributed by atoms with E-state index in [1.54, 1.807) is 6.07 Å². The molecule has 1 atom stereocenters. The quantitative estimate of drug-likeness (QED) is 0.638. The average Bonchev–Trinajstić information content (AvgIpc) is 2.07. The zero-order valence-electron chi connectivity index (χ0n) is 8.74. The molecule has 0 aromatic carbocycles. The van der Waals surface area contributed by atoms with E-state index in [2.05, 4.69) is 11.6 Å². The van der Waals surface area contributed by atoms with Crippen molar-refractivity contribution in [2.45, 2.75) is 25.8 Å². The van der Waals surface area contributed by atoms with Crippen LogP contribution in [0.15, 0.2) is 30.5 Å². The van der Waals surface area contributed by atoms with Gasteiger partial charge in [0.1, 0.15) is 0 Å². The Morgan fingerprint density at radius 1 is 1.60 bits per heavy atom. The zero-order valence-corrected chi connectivity index (χ0v) is 9.56. The van der Waals surface area contributed by atoms with Gasteiger partial charge in [0.2, 0.25) is 5.95 Å². The van der Waals surface area contributed by atoms with Crippen molar-refractivity contribution in [2.24, 2.45) is 5.73 Å². The lowest BCUT2D eigenvalue weighted by atomic mass is 10.0. The maximum absolute atomic E-state index is 12.5. The molecule has 0 bridgehead atoms. The van der Waals surface area contributed by atoms with Crippen LogP contribution in [0.1, 0.15) is 18.9 Å². The van der Waals surface area contributed by atoms with Gasteiger partial charge in [-0.1, -0.05) is 11.6 Å². The predicted octanol–water partition coefficient (Wildman–Crippen LogP) is 2.48. The Bertz CT molecular complexity index is 311. The van der Waals surface area contributed by atoms with Gasteiger partial charge in [0.15, 0.2) is 0 Å². The van der Waals surface area contributed by atoms with E-state index in [1.807, 2.05) is 6.92 Å². The maximum atomic E-state index is 12.5. The third-order valence-electron chi connectivity index (χ3n) is 1.90. The van der Waals surface area contributed by atoms with E-state index >= 15 is 0 Å². The van der Waals surface area contributed by atoms with Crippen molar-refractivity contribution in [2.75, 3.05) is 0 Å². The summed E-state index contributed by atoms with van der Waals surface area (Å²) in [6.45, 7) is 5.74. The second kappa shape index (κ2) is 6.53. The Hall–Kier alpha value is -0.930. The van der Waals surface area contributed by atoms with Gasteiger partial charge < -0.3 is 5.73 Å². The third-order valence-corrected chi connectivity index (χ3v) is 1.90. The number of nitrogens with zero attached hydrogens (tertiary/aromatic N) is 1. The number of aromatic nitrogens is 1. The van der Waals surface area contributed by atoms with Gasteiger partial charge in [-0.2, -0.15) is 4.39 Å². The molecule has 0 aliphatic carbocycles. The molecule has 0 spiro atoms. The SMILES string of the molecule is C=C(C)CC(N)Cc1ccc(F)nc1.Cl. The van der Waals surface area contributed by atoms with Crippen LogP contribution < -0.4 is 5.73 Å². The minimum absolute atomic E-state index is 0. The predicted molar refractivity (Wildman–Crippen MR) is 62.6 cm³/mol. The lowest BCUT2D eigenvalue weighted by Gasteiger charge is -2.10. The second-order valence-electron chi connectivity index (χ2n) is 3.61. The fourth-order valence-electron chi connectivity index (χ4n) is 1.35. The van der Waals surface area contributed by atoms with Crippen LogP contribution in [0, 0.1) is 5.95 Å². The summed E-state index contributed by atoms with van der Waals surface area (Å²) in [5, 5.41) is 0. The second-order valence-corrected chi connectivity index (χ2v) is 3.61. The molecule has 2 N–H and O–H groups in total. The zero-order chi connectivity index (χ0) is 10.6. The molecule has 2 nitrogen and oxygen atoms in total. The van der Waals surface area contributed by atoms with Crippen LogP contribution in [0.25, 0.3) is 0 Å². The lowest BCUT2D eigenvalue weighted by Crippen LogP contribution is -2.22. The fourth-order valence-corrected chi connectivity index (χ4v) is 1.35. The van der Waals surface area contributed by atoms with Gasteiger partial charge in [0, 0.05) is 12.2 Å². The first-order valence-corrected chi connectivity index (χ1v) is 4.58. The Kier molecular flexibility index (Phi) is 6.13. The number of hydrogen-bond donors (Lipinski definition) is 1. The van der Waals surface area contributed by atoms with E-state index in [1.165, 1.54) is 12.3 Å². The summed E-state index contributed by atoms with van der Waals surface area (Å²) in [6, 6.07) is 3.10. The molecular weight excluding hydrogens is 215 g/mol. The summed E-state index contributed by atoms with van der Waals surface area (Å²) < 4.78 is 12.5. The monoisotopic (exact) mass is 230 g/mol. The van der Waals surface area contributed by atoms with E-state index < -0.39 is 5.95 Å². The molecule has 4 heteroatoms. The number of rotatable bonds is 4. The molecule has 1 aromatic heterocycles. The van der Waals surface area contributed by atoms with Crippen molar-refractivity contribution in [3.63, 3.8) is 0 Å². The van der Waals surface area contributed by atoms with Crippen LogP contribution in [0.4, 0.5) is 4.39 Å².